The smallest absolute Gasteiger partial charge is 0.301 e. The molecule has 0 aromatic heterocycles. The van der Waals surface area contributed by atoms with Gasteiger partial charge in [0.2, 0.25) is 0 Å². The topological polar surface area (TPSA) is 118 Å². The molecular formula is C10H14N4O5. The summed E-state index contributed by atoms with van der Waals surface area (Å²) in [6.45, 7) is -0.394. The molecule has 0 bridgehead atoms. The third-order valence-corrected chi connectivity index (χ3v) is 3.41. The van der Waals surface area contributed by atoms with Crippen molar-refractivity contribution in [3.05, 3.63) is 0 Å². The van der Waals surface area contributed by atoms with Crippen LogP contribution in [0.5, 0.6) is 0 Å². The van der Waals surface area contributed by atoms with Crippen LogP contribution >= 0.6 is 0 Å². The Kier molecular flexibility index (Phi) is 2.97. The Labute approximate surface area is 108 Å². The second kappa shape index (κ2) is 4.53. The molecule has 0 aliphatic carbocycles. The number of carbonyl (C=O) groups is 1. The Balaban J connectivity index is 1.93. The molecule has 3 unspecified atom stereocenters. The van der Waals surface area contributed by atoms with Crippen molar-refractivity contribution < 1.29 is 25.1 Å². The third-order valence-electron chi connectivity index (χ3n) is 3.41. The number of amides is 1. The van der Waals surface area contributed by atoms with E-state index in [4.69, 9.17) is 9.84 Å². The number of aliphatic hydroxyl groups is 1. The first kappa shape index (κ1) is 12.5. The molecule has 0 saturated carbocycles. The van der Waals surface area contributed by atoms with E-state index < -0.39 is 18.2 Å². The molecule has 19 heavy (non-hydrogen) atoms. The molecule has 9 heteroatoms. The fourth-order valence-corrected chi connectivity index (χ4v) is 2.41. The monoisotopic (exact) mass is 270 g/mol. The van der Waals surface area contributed by atoms with E-state index >= 15 is 0 Å². The Bertz CT molecular complexity index is 465. The molecule has 0 aromatic rings. The van der Waals surface area contributed by atoms with Gasteiger partial charge in [-0.2, -0.15) is 5.06 Å². The third kappa shape index (κ3) is 1.91. The number of carbonyl (C=O) groups excluding carboxylic acids is 1. The lowest BCUT2D eigenvalue weighted by molar-refractivity contribution is -0.217. The zero-order chi connectivity index (χ0) is 13.6. The van der Waals surface area contributed by atoms with Crippen molar-refractivity contribution in [3.63, 3.8) is 0 Å². The lowest BCUT2D eigenvalue weighted by Gasteiger charge is -2.42. The molecule has 0 radical (unpaired) electrons. The highest BCUT2D eigenvalue weighted by molar-refractivity contribution is 6.66. The standard InChI is InChI=1S/C10H14N4O5/c15-3-5-1-2-6-10(19-5)14(18)8-7(12-6)9(16)13(17)4-11-8/h5-6,10,15,17-18H,1-4H2. The molecule has 3 N–H and O–H groups in total. The van der Waals surface area contributed by atoms with Crippen LogP contribution in [0.15, 0.2) is 9.98 Å². The molecule has 9 nitrogen and oxygen atoms in total. The maximum absolute atomic E-state index is 11.7. The van der Waals surface area contributed by atoms with Crippen LogP contribution in [0.4, 0.5) is 0 Å². The van der Waals surface area contributed by atoms with Gasteiger partial charge in [0, 0.05) is 0 Å². The van der Waals surface area contributed by atoms with E-state index in [1.165, 1.54) is 0 Å². The lowest BCUT2D eigenvalue weighted by atomic mass is 10.0. The van der Waals surface area contributed by atoms with E-state index in [2.05, 4.69) is 9.98 Å². The SMILES string of the molecule is O=C1C2=NC3CCC(CO)OC3N(O)C2=NCN1O. The molecular weight excluding hydrogens is 256 g/mol. The molecule has 104 valence electrons. The van der Waals surface area contributed by atoms with Crippen LogP contribution in [0.3, 0.4) is 0 Å². The van der Waals surface area contributed by atoms with E-state index in [1.807, 2.05) is 0 Å². The van der Waals surface area contributed by atoms with Crippen molar-refractivity contribution in [1.29, 1.82) is 0 Å². The predicted molar refractivity (Wildman–Crippen MR) is 60.8 cm³/mol. The Morgan fingerprint density at radius 3 is 2.89 bits per heavy atom. The minimum absolute atomic E-state index is 0.00450. The van der Waals surface area contributed by atoms with Crippen molar-refractivity contribution in [2.24, 2.45) is 9.98 Å². The molecule has 1 amide bonds. The number of aliphatic imine (C=N–C) groups is 2. The van der Waals surface area contributed by atoms with Crippen LogP contribution in [0.2, 0.25) is 0 Å². The van der Waals surface area contributed by atoms with Gasteiger partial charge >= 0.3 is 5.91 Å². The number of aliphatic hydroxyl groups excluding tert-OH is 1. The summed E-state index contributed by atoms with van der Waals surface area (Å²) < 4.78 is 5.51. The molecule has 3 heterocycles. The van der Waals surface area contributed by atoms with E-state index in [9.17, 15) is 15.2 Å². The summed E-state index contributed by atoms with van der Waals surface area (Å²) in [5.41, 5.74) is -0.0662. The number of ether oxygens (including phenoxy) is 1. The van der Waals surface area contributed by atoms with Gasteiger partial charge in [-0.15, -0.1) is 0 Å². The van der Waals surface area contributed by atoms with Gasteiger partial charge in [0.25, 0.3) is 0 Å². The van der Waals surface area contributed by atoms with Gasteiger partial charge in [-0.3, -0.25) is 20.2 Å². The van der Waals surface area contributed by atoms with E-state index in [0.717, 1.165) is 5.06 Å². The molecule has 1 saturated heterocycles. The van der Waals surface area contributed by atoms with E-state index in [1.54, 1.807) is 0 Å². The van der Waals surface area contributed by atoms with Gasteiger partial charge in [0.05, 0.1) is 18.8 Å². The van der Waals surface area contributed by atoms with Crippen molar-refractivity contribution in [3.8, 4) is 0 Å². The average Bonchev–Trinajstić information content (AvgIpc) is 2.43. The van der Waals surface area contributed by atoms with Crippen LogP contribution in [0.25, 0.3) is 0 Å². The van der Waals surface area contributed by atoms with E-state index in [-0.39, 0.29) is 30.9 Å². The van der Waals surface area contributed by atoms with Gasteiger partial charge in [0.15, 0.2) is 17.8 Å². The molecule has 1 fully saturated rings. The molecule has 3 rings (SSSR count). The number of hydrogen-bond acceptors (Lipinski definition) is 8. The zero-order valence-electron chi connectivity index (χ0n) is 10.0. The number of amidine groups is 1. The highest BCUT2D eigenvalue weighted by Gasteiger charge is 2.45. The normalized spacial score (nSPS) is 34.5. The van der Waals surface area contributed by atoms with Gasteiger partial charge in [-0.1, -0.05) is 0 Å². The van der Waals surface area contributed by atoms with Crippen LogP contribution in [-0.4, -0.2) is 74.8 Å². The van der Waals surface area contributed by atoms with Crippen LogP contribution in [0.1, 0.15) is 12.8 Å². The fraction of sp³-hybridized carbons (Fsp3) is 0.700. The minimum atomic E-state index is -0.758. The van der Waals surface area contributed by atoms with Gasteiger partial charge < -0.3 is 9.84 Å². The van der Waals surface area contributed by atoms with Crippen molar-refractivity contribution in [2.45, 2.75) is 31.2 Å². The maximum atomic E-state index is 11.7. The first-order valence-electron chi connectivity index (χ1n) is 5.99. The van der Waals surface area contributed by atoms with Crippen LogP contribution < -0.4 is 0 Å². The lowest BCUT2D eigenvalue weighted by Crippen LogP contribution is -2.60. The zero-order valence-corrected chi connectivity index (χ0v) is 10.0. The van der Waals surface area contributed by atoms with Gasteiger partial charge in [-0.05, 0) is 12.8 Å². The highest BCUT2D eigenvalue weighted by Crippen LogP contribution is 2.28. The summed E-state index contributed by atoms with van der Waals surface area (Å²) in [5.74, 6) is -0.693. The molecule has 3 atom stereocenters. The first-order chi connectivity index (χ1) is 9.11. The largest absolute Gasteiger partial charge is 0.394 e. The van der Waals surface area contributed by atoms with Crippen molar-refractivity contribution in [1.82, 2.24) is 10.1 Å². The summed E-state index contributed by atoms with van der Waals surface area (Å²) in [6.07, 6.45) is 0.0437. The van der Waals surface area contributed by atoms with Gasteiger partial charge in [-0.25, -0.2) is 10.1 Å². The van der Waals surface area contributed by atoms with Crippen LogP contribution in [-0.2, 0) is 9.53 Å². The van der Waals surface area contributed by atoms with E-state index in [0.29, 0.717) is 17.9 Å². The summed E-state index contributed by atoms with van der Waals surface area (Å²) in [4.78, 5) is 19.8. The fourth-order valence-electron chi connectivity index (χ4n) is 2.41. The molecule has 3 aliphatic rings. The Morgan fingerprint density at radius 1 is 1.37 bits per heavy atom. The van der Waals surface area contributed by atoms with Crippen LogP contribution in [0, 0.1) is 0 Å². The summed E-state index contributed by atoms with van der Waals surface area (Å²) in [6, 6.07) is -0.419. The summed E-state index contributed by atoms with van der Waals surface area (Å²) in [5, 5.41) is 29.7. The van der Waals surface area contributed by atoms with Crippen molar-refractivity contribution >= 4 is 17.5 Å². The molecule has 0 aromatic carbocycles. The number of nitrogens with zero attached hydrogens (tertiary/aromatic N) is 4. The first-order valence-corrected chi connectivity index (χ1v) is 5.99. The highest BCUT2D eigenvalue weighted by atomic mass is 16.6. The number of rotatable bonds is 1. The minimum Gasteiger partial charge on any atom is -0.394 e. The molecule has 3 aliphatic heterocycles. The summed E-state index contributed by atoms with van der Waals surface area (Å²) in [7, 11) is 0. The number of fused-ring (bicyclic) bond motifs is 2. The predicted octanol–water partition coefficient (Wildman–Crippen LogP) is -1.41. The van der Waals surface area contributed by atoms with Gasteiger partial charge in [0.1, 0.15) is 6.67 Å². The quantitative estimate of drug-likeness (QED) is 0.503. The second-order valence-corrected chi connectivity index (χ2v) is 4.63. The Morgan fingerprint density at radius 2 is 2.16 bits per heavy atom. The molecule has 0 spiro atoms. The Hall–Kier alpha value is -1.55. The second-order valence-electron chi connectivity index (χ2n) is 4.63. The maximum Gasteiger partial charge on any atom is 0.301 e. The number of hydrogen-bond donors (Lipinski definition) is 3. The summed E-state index contributed by atoms with van der Waals surface area (Å²) >= 11 is 0. The number of hydroxylamine groups is 4. The average molecular weight is 270 g/mol. The van der Waals surface area contributed by atoms with Crippen molar-refractivity contribution in [2.75, 3.05) is 13.3 Å².